The topological polar surface area (TPSA) is 69.0 Å². The van der Waals surface area contributed by atoms with Gasteiger partial charge in [-0.2, -0.15) is 0 Å². The summed E-state index contributed by atoms with van der Waals surface area (Å²) in [5.41, 5.74) is 0. The molecule has 0 aromatic carbocycles. The normalized spacial score (nSPS) is 13.7. The maximum Gasteiger partial charge on any atom is 0.216 e. The second-order valence-corrected chi connectivity index (χ2v) is 6.15. The van der Waals surface area contributed by atoms with Gasteiger partial charge in [0.1, 0.15) is 5.25 Å². The van der Waals surface area contributed by atoms with Gasteiger partial charge in [-0.25, -0.2) is 13.4 Å². The van der Waals surface area contributed by atoms with Crippen LogP contribution in [0.4, 0.5) is 0 Å². The minimum absolute atomic E-state index is 0.222. The highest BCUT2D eigenvalue weighted by Crippen LogP contribution is 2.08. The number of carbonyl (C=O) groups is 1. The number of nitrogens with zero attached hydrogens (tertiary/aromatic N) is 2. The summed E-state index contributed by atoms with van der Waals surface area (Å²) in [6.07, 6.45) is 5.12. The van der Waals surface area contributed by atoms with E-state index in [2.05, 4.69) is 4.98 Å². The van der Waals surface area contributed by atoms with E-state index >= 15 is 0 Å². The summed E-state index contributed by atoms with van der Waals surface area (Å²) in [6.45, 7) is 4.04. The third-order valence-corrected chi connectivity index (χ3v) is 3.91. The van der Waals surface area contributed by atoms with Crippen LogP contribution >= 0.6 is 0 Å². The van der Waals surface area contributed by atoms with Gasteiger partial charge in [0, 0.05) is 25.2 Å². The number of aromatic nitrogens is 2. The molecule has 0 amide bonds. The highest BCUT2D eigenvalue weighted by atomic mass is 32.2. The van der Waals surface area contributed by atoms with E-state index in [4.69, 9.17) is 0 Å². The molecule has 1 atom stereocenters. The lowest BCUT2D eigenvalue weighted by Gasteiger charge is -2.09. The number of Topliss-reactive ketones (excluding diaryl/α,β-unsaturated/α-hetero) is 1. The summed E-state index contributed by atoms with van der Waals surface area (Å²) in [6, 6.07) is 0. The Kier molecular flexibility index (Phi) is 3.85. The average Bonchev–Trinajstić information content (AvgIpc) is 2.63. The predicted octanol–water partition coefficient (Wildman–Crippen LogP) is 0.909. The molecule has 0 saturated carbocycles. The highest BCUT2D eigenvalue weighted by molar-refractivity contribution is 7.92. The Hall–Kier alpha value is -1.17. The van der Waals surface area contributed by atoms with E-state index in [1.54, 1.807) is 10.8 Å². The lowest BCUT2D eigenvalue weighted by Crippen LogP contribution is -2.28. The molecule has 0 aliphatic carbocycles. The fraction of sp³-hybridized carbons (Fsp3) is 0.600. The number of hydrogen-bond acceptors (Lipinski definition) is 4. The molecule has 1 aromatic heterocycles. The van der Waals surface area contributed by atoms with E-state index in [1.165, 1.54) is 13.1 Å². The molecule has 0 fully saturated rings. The largest absolute Gasteiger partial charge is 0.329 e. The summed E-state index contributed by atoms with van der Waals surface area (Å²) in [5, 5.41) is -1.04. The van der Waals surface area contributed by atoms with Gasteiger partial charge in [0.05, 0.1) is 0 Å². The van der Waals surface area contributed by atoms with Crippen LogP contribution in [0, 0.1) is 0 Å². The van der Waals surface area contributed by atoms with E-state index in [-0.39, 0.29) is 5.82 Å². The van der Waals surface area contributed by atoms with Gasteiger partial charge in [-0.3, -0.25) is 4.79 Å². The van der Waals surface area contributed by atoms with Crippen molar-refractivity contribution in [2.75, 3.05) is 6.26 Å². The van der Waals surface area contributed by atoms with Crippen molar-refractivity contribution in [3.63, 3.8) is 0 Å². The van der Waals surface area contributed by atoms with E-state index < -0.39 is 20.9 Å². The number of carbonyl (C=O) groups excluding carboxylic acids is 1. The maximum atomic E-state index is 11.9. The number of hydrogen-bond donors (Lipinski definition) is 0. The van der Waals surface area contributed by atoms with Crippen LogP contribution in [0.2, 0.25) is 0 Å². The molecule has 6 heteroatoms. The van der Waals surface area contributed by atoms with Gasteiger partial charge in [0.25, 0.3) is 0 Å². The van der Waals surface area contributed by atoms with Crippen molar-refractivity contribution in [3.05, 3.63) is 18.2 Å². The average molecular weight is 244 g/mol. The summed E-state index contributed by atoms with van der Waals surface area (Å²) < 4.78 is 24.2. The van der Waals surface area contributed by atoms with Crippen LogP contribution in [-0.4, -0.2) is 35.3 Å². The zero-order valence-corrected chi connectivity index (χ0v) is 10.5. The lowest BCUT2D eigenvalue weighted by molar-refractivity contribution is 0.0977. The summed E-state index contributed by atoms with van der Waals surface area (Å²) in [4.78, 5) is 15.8. The summed E-state index contributed by atoms with van der Waals surface area (Å²) >= 11 is 0. The van der Waals surface area contributed by atoms with Crippen LogP contribution in [-0.2, 0) is 16.4 Å². The molecule has 1 heterocycles. The molecule has 5 nitrogen and oxygen atoms in total. The predicted molar refractivity (Wildman–Crippen MR) is 61.2 cm³/mol. The van der Waals surface area contributed by atoms with Crippen LogP contribution in [0.25, 0.3) is 0 Å². The molecule has 0 radical (unpaired) electrons. The zero-order valence-electron chi connectivity index (χ0n) is 9.67. The van der Waals surface area contributed by atoms with Crippen molar-refractivity contribution in [3.8, 4) is 0 Å². The number of aryl methyl sites for hydroxylation is 1. The number of sulfone groups is 1. The van der Waals surface area contributed by atoms with E-state index in [9.17, 15) is 13.2 Å². The quantitative estimate of drug-likeness (QED) is 0.722. The van der Waals surface area contributed by atoms with E-state index in [0.29, 0.717) is 6.54 Å². The molecule has 0 bridgehead atoms. The molecule has 90 valence electrons. The second kappa shape index (κ2) is 4.78. The Bertz CT molecular complexity index is 476. The molecule has 1 rings (SSSR count). The Morgan fingerprint density at radius 1 is 1.56 bits per heavy atom. The first kappa shape index (κ1) is 12.9. The first-order valence-electron chi connectivity index (χ1n) is 5.12. The summed E-state index contributed by atoms with van der Waals surface area (Å²) in [7, 11) is -3.36. The van der Waals surface area contributed by atoms with Crippen molar-refractivity contribution < 1.29 is 13.2 Å². The second-order valence-electron chi connectivity index (χ2n) is 3.78. The number of imidazole rings is 1. The Balaban J connectivity index is 3.01. The first-order valence-corrected chi connectivity index (χ1v) is 7.07. The van der Waals surface area contributed by atoms with E-state index in [1.807, 2.05) is 6.92 Å². The molecule has 0 spiro atoms. The van der Waals surface area contributed by atoms with Crippen LogP contribution in [0.1, 0.15) is 30.9 Å². The number of rotatable bonds is 5. The lowest BCUT2D eigenvalue weighted by atomic mass is 10.3. The van der Waals surface area contributed by atoms with E-state index in [0.717, 1.165) is 12.7 Å². The summed E-state index contributed by atoms with van der Waals surface area (Å²) in [5.74, 6) is -0.222. The molecular weight excluding hydrogens is 228 g/mol. The minimum Gasteiger partial charge on any atom is -0.329 e. The fourth-order valence-electron chi connectivity index (χ4n) is 1.33. The monoisotopic (exact) mass is 244 g/mol. The van der Waals surface area contributed by atoms with Gasteiger partial charge in [-0.15, -0.1) is 0 Å². The van der Waals surface area contributed by atoms with Crippen LogP contribution in [0.5, 0.6) is 0 Å². The van der Waals surface area contributed by atoms with Crippen molar-refractivity contribution in [2.24, 2.45) is 0 Å². The molecular formula is C10H16N2O3S. The molecule has 0 aliphatic heterocycles. The molecule has 16 heavy (non-hydrogen) atoms. The Morgan fingerprint density at radius 3 is 2.69 bits per heavy atom. The van der Waals surface area contributed by atoms with Crippen LogP contribution in [0.15, 0.2) is 12.4 Å². The maximum absolute atomic E-state index is 11.9. The van der Waals surface area contributed by atoms with Crippen LogP contribution in [0.3, 0.4) is 0 Å². The molecule has 1 unspecified atom stereocenters. The Morgan fingerprint density at radius 2 is 2.19 bits per heavy atom. The third kappa shape index (κ3) is 2.69. The van der Waals surface area contributed by atoms with Gasteiger partial charge >= 0.3 is 0 Å². The molecule has 1 aromatic rings. The van der Waals surface area contributed by atoms with Crippen molar-refractivity contribution in [2.45, 2.75) is 32.1 Å². The smallest absolute Gasteiger partial charge is 0.216 e. The van der Waals surface area contributed by atoms with Crippen LogP contribution < -0.4 is 0 Å². The standard InChI is InChI=1S/C10H16N2O3S/c1-4-6-12-7-5-11-10(12)9(13)8(2)16(3,14)15/h5,7-8H,4,6H2,1-3H3. The van der Waals surface area contributed by atoms with Crippen molar-refractivity contribution in [1.29, 1.82) is 0 Å². The third-order valence-electron chi connectivity index (χ3n) is 2.41. The molecule has 0 aliphatic rings. The van der Waals surface area contributed by atoms with Crippen molar-refractivity contribution in [1.82, 2.24) is 9.55 Å². The number of ketones is 1. The van der Waals surface area contributed by atoms with Gasteiger partial charge < -0.3 is 4.57 Å². The fourth-order valence-corrected chi connectivity index (χ4v) is 1.83. The highest BCUT2D eigenvalue weighted by Gasteiger charge is 2.27. The zero-order chi connectivity index (χ0) is 12.3. The van der Waals surface area contributed by atoms with Gasteiger partial charge in [0.15, 0.2) is 15.7 Å². The molecule has 0 N–H and O–H groups in total. The van der Waals surface area contributed by atoms with Gasteiger partial charge in [0.2, 0.25) is 5.78 Å². The minimum atomic E-state index is -3.36. The molecule has 0 saturated heterocycles. The SMILES string of the molecule is CCCn1ccnc1C(=O)C(C)S(C)(=O)=O. The van der Waals surface area contributed by atoms with Gasteiger partial charge in [-0.1, -0.05) is 6.92 Å². The Labute approximate surface area is 95.4 Å². The van der Waals surface area contributed by atoms with Gasteiger partial charge in [-0.05, 0) is 13.3 Å². The first-order chi connectivity index (χ1) is 7.38. The van der Waals surface area contributed by atoms with Crippen molar-refractivity contribution >= 4 is 15.6 Å².